The highest BCUT2D eigenvalue weighted by Crippen LogP contribution is 2.36. The molecule has 140 valence electrons. The van der Waals surface area contributed by atoms with Gasteiger partial charge in [0.1, 0.15) is 0 Å². The number of nitro groups is 1. The molecule has 1 heterocycles. The Kier molecular flexibility index (Phi) is 6.26. The Hall–Kier alpha value is -1.83. The van der Waals surface area contributed by atoms with Crippen LogP contribution in [0.15, 0.2) is 18.2 Å². The lowest BCUT2D eigenvalue weighted by atomic mass is 9.95. The molecule has 0 N–H and O–H groups in total. The summed E-state index contributed by atoms with van der Waals surface area (Å²) >= 11 is 0. The molecule has 1 aromatic carbocycles. The average molecular weight is 359 g/mol. The van der Waals surface area contributed by atoms with Crippen LogP contribution in [-0.2, 0) is 6.42 Å². The van der Waals surface area contributed by atoms with Gasteiger partial charge in [0, 0.05) is 30.9 Å². The summed E-state index contributed by atoms with van der Waals surface area (Å²) in [5.74, 6) is -1.25. The van der Waals surface area contributed by atoms with Gasteiger partial charge in [0.2, 0.25) is 0 Å². The summed E-state index contributed by atoms with van der Waals surface area (Å²) in [4.78, 5) is 14.6. The zero-order chi connectivity index (χ0) is 18.6. The minimum atomic E-state index is -4.14. The molecule has 0 unspecified atom stereocenters. The Morgan fingerprint density at radius 2 is 1.92 bits per heavy atom. The predicted molar refractivity (Wildman–Crippen MR) is 91.0 cm³/mol. The van der Waals surface area contributed by atoms with E-state index in [1.54, 1.807) is 12.1 Å². The second-order valence-electron chi connectivity index (χ2n) is 6.78. The van der Waals surface area contributed by atoms with E-state index in [0.29, 0.717) is 19.5 Å². The Balaban J connectivity index is 2.14. The molecule has 0 saturated carbocycles. The van der Waals surface area contributed by atoms with Gasteiger partial charge in [-0.25, -0.2) is 0 Å². The van der Waals surface area contributed by atoms with Gasteiger partial charge < -0.3 is 9.80 Å². The molecule has 0 atom stereocenters. The van der Waals surface area contributed by atoms with E-state index >= 15 is 0 Å². The molecule has 2 rings (SSSR count). The molecule has 0 aliphatic carbocycles. The van der Waals surface area contributed by atoms with Gasteiger partial charge in [-0.3, -0.25) is 10.1 Å². The number of non-ortho nitro benzene ring substituents is 1. The molecule has 1 aliphatic heterocycles. The van der Waals surface area contributed by atoms with E-state index in [-0.39, 0.29) is 18.5 Å². The van der Waals surface area contributed by atoms with Crippen LogP contribution in [0.2, 0.25) is 0 Å². The number of rotatable bonds is 6. The fourth-order valence-corrected chi connectivity index (χ4v) is 3.23. The van der Waals surface area contributed by atoms with Crippen molar-refractivity contribution in [1.29, 1.82) is 0 Å². The minimum absolute atomic E-state index is 0.0220. The number of alkyl halides is 3. The molecule has 0 amide bonds. The van der Waals surface area contributed by atoms with Crippen LogP contribution in [0.5, 0.6) is 0 Å². The lowest BCUT2D eigenvalue weighted by molar-refractivity contribution is -0.384. The van der Waals surface area contributed by atoms with Gasteiger partial charge in [0.25, 0.3) is 5.69 Å². The maximum Gasteiger partial charge on any atom is 0.391 e. The first-order valence-electron chi connectivity index (χ1n) is 8.42. The second kappa shape index (κ2) is 8.03. The highest BCUT2D eigenvalue weighted by Gasteiger charge is 2.41. The molecule has 8 heteroatoms. The first-order valence-corrected chi connectivity index (χ1v) is 8.42. The van der Waals surface area contributed by atoms with Gasteiger partial charge in [-0.2, -0.15) is 13.2 Å². The van der Waals surface area contributed by atoms with Crippen LogP contribution in [0.25, 0.3) is 0 Å². The Morgan fingerprint density at radius 1 is 1.28 bits per heavy atom. The molecule has 25 heavy (non-hydrogen) atoms. The summed E-state index contributed by atoms with van der Waals surface area (Å²) in [6.07, 6.45) is -2.51. The number of hydrogen-bond acceptors (Lipinski definition) is 4. The van der Waals surface area contributed by atoms with Crippen LogP contribution in [0.4, 0.5) is 24.5 Å². The molecule has 1 saturated heterocycles. The number of halogens is 3. The van der Waals surface area contributed by atoms with E-state index in [1.807, 2.05) is 23.9 Å². The number of nitro benzene ring substituents is 1. The molecular formula is C17H24F3N3O2. The van der Waals surface area contributed by atoms with Crippen molar-refractivity contribution in [2.45, 2.75) is 31.9 Å². The van der Waals surface area contributed by atoms with E-state index in [2.05, 4.69) is 0 Å². The van der Waals surface area contributed by atoms with Crippen LogP contribution in [0.3, 0.4) is 0 Å². The molecular weight excluding hydrogens is 335 g/mol. The Bertz CT molecular complexity index is 597. The highest BCUT2D eigenvalue weighted by molar-refractivity contribution is 5.58. The monoisotopic (exact) mass is 359 g/mol. The largest absolute Gasteiger partial charge is 0.391 e. The van der Waals surface area contributed by atoms with Gasteiger partial charge in [-0.1, -0.05) is 0 Å². The van der Waals surface area contributed by atoms with Crippen molar-refractivity contribution in [3.63, 3.8) is 0 Å². The number of aryl methyl sites for hydroxylation is 1. The van der Waals surface area contributed by atoms with Crippen LogP contribution in [0, 0.1) is 16.0 Å². The fraction of sp³-hybridized carbons (Fsp3) is 0.647. The number of piperidine rings is 1. The van der Waals surface area contributed by atoms with Crippen molar-refractivity contribution in [3.05, 3.63) is 33.9 Å². The highest BCUT2D eigenvalue weighted by atomic mass is 19.4. The Labute approximate surface area is 145 Å². The van der Waals surface area contributed by atoms with Crippen molar-refractivity contribution < 1.29 is 18.1 Å². The first kappa shape index (κ1) is 19.5. The van der Waals surface area contributed by atoms with E-state index in [0.717, 1.165) is 24.2 Å². The SMILES string of the molecule is CN(C)CCCc1cc([N+](=O)[O-])ccc1N1CCC(C(F)(F)F)CC1. The van der Waals surface area contributed by atoms with Crippen molar-refractivity contribution in [1.82, 2.24) is 4.90 Å². The molecule has 1 aliphatic rings. The first-order chi connectivity index (χ1) is 11.7. The standard InChI is InChI=1S/C17H24F3N3O2/c1-21(2)9-3-4-13-12-15(23(24)25)5-6-16(13)22-10-7-14(8-11-22)17(18,19)20/h5-6,12,14H,3-4,7-11H2,1-2H3. The van der Waals surface area contributed by atoms with Gasteiger partial charge in [0.05, 0.1) is 10.8 Å². The fourth-order valence-electron chi connectivity index (χ4n) is 3.23. The summed E-state index contributed by atoms with van der Waals surface area (Å²) in [6, 6.07) is 4.67. The average Bonchev–Trinajstić information content (AvgIpc) is 2.53. The van der Waals surface area contributed by atoms with Crippen LogP contribution >= 0.6 is 0 Å². The van der Waals surface area contributed by atoms with E-state index < -0.39 is 17.0 Å². The van der Waals surface area contributed by atoms with Gasteiger partial charge >= 0.3 is 6.18 Å². The zero-order valence-electron chi connectivity index (χ0n) is 14.6. The van der Waals surface area contributed by atoms with E-state index in [4.69, 9.17) is 0 Å². The van der Waals surface area contributed by atoms with Crippen molar-refractivity contribution in [3.8, 4) is 0 Å². The quantitative estimate of drug-likeness (QED) is 0.572. The molecule has 1 fully saturated rings. The van der Waals surface area contributed by atoms with Crippen molar-refractivity contribution >= 4 is 11.4 Å². The number of benzene rings is 1. The summed E-state index contributed by atoms with van der Waals surface area (Å²) < 4.78 is 38.5. The molecule has 0 spiro atoms. The molecule has 0 radical (unpaired) electrons. The number of anilines is 1. The maximum atomic E-state index is 12.8. The summed E-state index contributed by atoms with van der Waals surface area (Å²) in [7, 11) is 3.91. The third kappa shape index (κ3) is 5.32. The number of hydrogen-bond donors (Lipinski definition) is 0. The Morgan fingerprint density at radius 3 is 2.44 bits per heavy atom. The topological polar surface area (TPSA) is 49.6 Å². The molecule has 0 bridgehead atoms. The lowest BCUT2D eigenvalue weighted by Crippen LogP contribution is -2.39. The van der Waals surface area contributed by atoms with Gasteiger partial charge in [0.15, 0.2) is 0 Å². The third-order valence-corrected chi connectivity index (χ3v) is 4.62. The van der Waals surface area contributed by atoms with Crippen molar-refractivity contribution in [2.24, 2.45) is 5.92 Å². The van der Waals surface area contributed by atoms with Gasteiger partial charge in [-0.15, -0.1) is 0 Å². The lowest BCUT2D eigenvalue weighted by Gasteiger charge is -2.35. The second-order valence-corrected chi connectivity index (χ2v) is 6.78. The summed E-state index contributed by atoms with van der Waals surface area (Å²) in [5.41, 5.74) is 1.68. The number of nitrogens with zero attached hydrogens (tertiary/aromatic N) is 3. The smallest absolute Gasteiger partial charge is 0.371 e. The van der Waals surface area contributed by atoms with Gasteiger partial charge in [-0.05, 0) is 58.0 Å². The zero-order valence-corrected chi connectivity index (χ0v) is 14.6. The van der Waals surface area contributed by atoms with Crippen LogP contribution in [0.1, 0.15) is 24.8 Å². The molecule has 1 aromatic rings. The van der Waals surface area contributed by atoms with Crippen molar-refractivity contribution in [2.75, 3.05) is 38.6 Å². The van der Waals surface area contributed by atoms with Crippen LogP contribution in [-0.4, -0.2) is 49.7 Å². The maximum absolute atomic E-state index is 12.8. The van der Waals surface area contributed by atoms with Crippen LogP contribution < -0.4 is 4.90 Å². The van der Waals surface area contributed by atoms with E-state index in [9.17, 15) is 23.3 Å². The minimum Gasteiger partial charge on any atom is -0.371 e. The molecule has 5 nitrogen and oxygen atoms in total. The predicted octanol–water partition coefficient (Wildman–Crippen LogP) is 3.87. The summed E-state index contributed by atoms with van der Waals surface area (Å²) in [6.45, 7) is 1.49. The normalized spacial score (nSPS) is 16.5. The van der Waals surface area contributed by atoms with E-state index in [1.165, 1.54) is 6.07 Å². The summed E-state index contributed by atoms with van der Waals surface area (Å²) in [5, 5.41) is 11.0. The third-order valence-electron chi connectivity index (χ3n) is 4.62. The molecule has 0 aromatic heterocycles.